The van der Waals surface area contributed by atoms with E-state index in [-0.39, 0.29) is 28.0 Å². The molecule has 2 aromatic rings. The molecule has 0 saturated carbocycles. The van der Waals surface area contributed by atoms with Crippen molar-refractivity contribution in [3.8, 4) is 5.75 Å². The molecule has 30 heavy (non-hydrogen) atoms. The van der Waals surface area contributed by atoms with Gasteiger partial charge in [-0.1, -0.05) is 0 Å². The molecule has 1 aliphatic rings. The van der Waals surface area contributed by atoms with Crippen molar-refractivity contribution in [3.05, 3.63) is 24.0 Å². The third-order valence-electron chi connectivity index (χ3n) is 4.22. The van der Waals surface area contributed by atoms with Gasteiger partial charge < -0.3 is 20.3 Å². The maximum atomic E-state index is 12.5. The van der Waals surface area contributed by atoms with Gasteiger partial charge in [-0.2, -0.15) is 0 Å². The monoisotopic (exact) mass is 438 g/mol. The molecule has 1 fully saturated rings. The lowest BCUT2D eigenvalue weighted by molar-refractivity contribution is 0.0958. The molecule has 0 unspecified atom stereocenters. The number of nitrogens with one attached hydrogen (secondary N) is 3. The number of nitrogens with zero attached hydrogens (tertiary/aromatic N) is 4. The fourth-order valence-electron chi connectivity index (χ4n) is 2.53. The van der Waals surface area contributed by atoms with Gasteiger partial charge in [-0.25, -0.2) is 18.2 Å². The molecular formula is C17H21N7O5S. The van der Waals surface area contributed by atoms with Crippen LogP contribution in [-0.4, -0.2) is 73.9 Å². The van der Waals surface area contributed by atoms with Crippen LogP contribution in [0.25, 0.3) is 0 Å². The van der Waals surface area contributed by atoms with Crippen LogP contribution in [-0.2, 0) is 9.84 Å². The molecular weight excluding hydrogens is 414 g/mol. The van der Waals surface area contributed by atoms with Crippen LogP contribution in [0.4, 0.5) is 22.1 Å². The highest BCUT2D eigenvalue weighted by Crippen LogP contribution is 2.28. The molecule has 0 aliphatic carbocycles. The lowest BCUT2D eigenvalue weighted by atomic mass is 10.2. The molecule has 1 aliphatic heterocycles. The Bertz CT molecular complexity index is 1190. The number of aromatic nitrogens is 3. The van der Waals surface area contributed by atoms with E-state index < -0.39 is 34.4 Å². The van der Waals surface area contributed by atoms with Crippen molar-refractivity contribution in [3.63, 3.8) is 0 Å². The number of carbonyl (C=O) groups excluding carboxylic acids is 2. The molecule has 0 aromatic carbocycles. The number of methoxy groups -OCH3 is 1. The van der Waals surface area contributed by atoms with Crippen molar-refractivity contribution < 1.29 is 26.9 Å². The number of amides is 3. The van der Waals surface area contributed by atoms with Crippen LogP contribution in [0.15, 0.2) is 23.2 Å². The molecule has 12 nitrogen and oxygen atoms in total. The van der Waals surface area contributed by atoms with Crippen LogP contribution >= 0.6 is 0 Å². The number of carbonyl (C=O) groups is 2. The second-order valence-corrected chi connectivity index (χ2v) is 8.32. The van der Waals surface area contributed by atoms with Gasteiger partial charge in [0.1, 0.15) is 16.5 Å². The molecule has 13 heteroatoms. The molecule has 1 saturated heterocycles. The minimum absolute atomic E-state index is 0.0470. The molecule has 160 valence electrons. The summed E-state index contributed by atoms with van der Waals surface area (Å²) < 4.78 is 51.3. The van der Waals surface area contributed by atoms with Crippen LogP contribution in [0.2, 0.25) is 0 Å². The molecule has 3 N–H and O–H groups in total. The van der Waals surface area contributed by atoms with Gasteiger partial charge in [0.15, 0.2) is 21.3 Å². The first-order chi connectivity index (χ1) is 15.4. The van der Waals surface area contributed by atoms with E-state index in [1.165, 1.54) is 30.3 Å². The summed E-state index contributed by atoms with van der Waals surface area (Å²) >= 11 is 0. The Morgan fingerprint density at radius 3 is 2.63 bits per heavy atom. The fraction of sp³-hybridized carbons (Fsp3) is 0.353. The van der Waals surface area contributed by atoms with Gasteiger partial charge in [-0.05, 0) is 6.42 Å². The average molecular weight is 438 g/mol. The third kappa shape index (κ3) is 4.56. The van der Waals surface area contributed by atoms with E-state index in [2.05, 4.69) is 25.8 Å². The number of hydrogen-bond acceptors (Lipinski definition) is 9. The predicted molar refractivity (Wildman–Crippen MR) is 108 cm³/mol. The number of urea groups is 1. The number of likely N-dealkylation sites (tertiary alicyclic amines) is 1. The zero-order valence-corrected chi connectivity index (χ0v) is 16.9. The summed E-state index contributed by atoms with van der Waals surface area (Å²) in [6, 6.07) is 2.02. The Balaban J connectivity index is 2.02. The van der Waals surface area contributed by atoms with Crippen LogP contribution < -0.4 is 20.7 Å². The Labute approximate surface area is 177 Å². The number of anilines is 3. The van der Waals surface area contributed by atoms with Gasteiger partial charge >= 0.3 is 6.03 Å². The Hall–Kier alpha value is -3.48. The standard InChI is InChI=1S/C17H21N7O5S/c1-18-16(25)14-11(8-13(22-23-14)21-17(26)24-5-4-6-24)20-15-12(30(3,27)28)7-10(29-2)9-19-15/h7-9H,4-6H2,1-3H3,(H,18,25)(H2,19,20,21,22,26)/i1D3. The van der Waals surface area contributed by atoms with E-state index in [4.69, 9.17) is 8.85 Å². The van der Waals surface area contributed by atoms with E-state index in [1.807, 2.05) is 0 Å². The van der Waals surface area contributed by atoms with Crippen LogP contribution in [0, 0.1) is 0 Å². The summed E-state index contributed by atoms with van der Waals surface area (Å²) in [5.41, 5.74) is -0.585. The topological polar surface area (TPSA) is 156 Å². The van der Waals surface area contributed by atoms with Gasteiger partial charge in [0.2, 0.25) is 0 Å². The molecule has 0 atom stereocenters. The van der Waals surface area contributed by atoms with Crippen molar-refractivity contribution >= 4 is 39.1 Å². The first-order valence-electron chi connectivity index (χ1n) is 10.1. The fourth-order valence-corrected chi connectivity index (χ4v) is 3.31. The number of pyridine rings is 1. The number of rotatable bonds is 6. The third-order valence-corrected chi connectivity index (χ3v) is 5.33. The maximum absolute atomic E-state index is 12.5. The molecule has 0 bridgehead atoms. The largest absolute Gasteiger partial charge is 0.495 e. The first-order valence-corrected chi connectivity index (χ1v) is 10.5. The summed E-state index contributed by atoms with van der Waals surface area (Å²) in [6.45, 7) is -1.65. The number of ether oxygens (including phenoxy) is 1. The predicted octanol–water partition coefficient (Wildman–Crippen LogP) is 0.624. The highest BCUT2D eigenvalue weighted by Gasteiger charge is 2.23. The van der Waals surface area contributed by atoms with Crippen molar-refractivity contribution in [1.29, 1.82) is 0 Å². The molecule has 3 rings (SSSR count). The van der Waals surface area contributed by atoms with Crippen molar-refractivity contribution in [2.45, 2.75) is 11.3 Å². The zero-order valence-electron chi connectivity index (χ0n) is 19.1. The quantitative estimate of drug-likeness (QED) is 0.588. The minimum Gasteiger partial charge on any atom is -0.495 e. The lowest BCUT2D eigenvalue weighted by Gasteiger charge is -2.30. The van der Waals surface area contributed by atoms with Gasteiger partial charge in [-0.15, -0.1) is 10.2 Å². The highest BCUT2D eigenvalue weighted by atomic mass is 32.2. The van der Waals surface area contributed by atoms with E-state index in [0.29, 0.717) is 13.1 Å². The van der Waals surface area contributed by atoms with E-state index >= 15 is 0 Å². The van der Waals surface area contributed by atoms with Crippen LogP contribution in [0.5, 0.6) is 5.75 Å². The van der Waals surface area contributed by atoms with Crippen LogP contribution in [0.1, 0.15) is 21.0 Å². The summed E-state index contributed by atoms with van der Waals surface area (Å²) in [6.07, 6.45) is 3.08. The second-order valence-electron chi connectivity index (χ2n) is 6.34. The first kappa shape index (κ1) is 17.4. The Kier molecular flexibility index (Phi) is 4.92. The smallest absolute Gasteiger partial charge is 0.323 e. The summed E-state index contributed by atoms with van der Waals surface area (Å²) in [4.78, 5) is 30.0. The molecule has 0 radical (unpaired) electrons. The average Bonchev–Trinajstić information content (AvgIpc) is 2.64. The summed E-state index contributed by atoms with van der Waals surface area (Å²) in [5.74, 6) is -1.14. The number of hydrogen-bond donors (Lipinski definition) is 3. The van der Waals surface area contributed by atoms with E-state index in [0.717, 1.165) is 12.7 Å². The van der Waals surface area contributed by atoms with E-state index in [9.17, 15) is 18.0 Å². The second kappa shape index (κ2) is 8.49. The van der Waals surface area contributed by atoms with Gasteiger partial charge in [-0.3, -0.25) is 10.1 Å². The van der Waals surface area contributed by atoms with E-state index in [1.54, 1.807) is 5.32 Å². The van der Waals surface area contributed by atoms with Crippen molar-refractivity contribution in [2.75, 3.05) is 44.1 Å². The summed E-state index contributed by atoms with van der Waals surface area (Å²) in [5, 5.41) is 14.5. The molecule has 3 amide bonds. The molecule has 2 aromatic heterocycles. The van der Waals surface area contributed by atoms with Crippen molar-refractivity contribution in [1.82, 2.24) is 25.4 Å². The van der Waals surface area contributed by atoms with Gasteiger partial charge in [0.05, 0.1) is 19.0 Å². The SMILES string of the molecule is [2H]C([2H])([2H])NC(=O)c1nnc(NC(=O)N2CCC2)cc1Nc1ncc(OC)cc1S(C)(=O)=O. The highest BCUT2D eigenvalue weighted by molar-refractivity contribution is 7.90. The van der Waals surface area contributed by atoms with Gasteiger partial charge in [0, 0.05) is 42.6 Å². The van der Waals surface area contributed by atoms with Crippen LogP contribution in [0.3, 0.4) is 0 Å². The van der Waals surface area contributed by atoms with Gasteiger partial charge in [0.25, 0.3) is 5.91 Å². The number of sulfone groups is 1. The lowest BCUT2D eigenvalue weighted by Crippen LogP contribution is -2.44. The zero-order chi connectivity index (χ0) is 24.4. The Morgan fingerprint density at radius 1 is 1.27 bits per heavy atom. The molecule has 3 heterocycles. The normalized spacial score (nSPS) is 15.1. The molecule has 0 spiro atoms. The Morgan fingerprint density at radius 2 is 2.03 bits per heavy atom. The van der Waals surface area contributed by atoms with Crippen molar-refractivity contribution in [2.24, 2.45) is 0 Å². The maximum Gasteiger partial charge on any atom is 0.323 e. The summed E-state index contributed by atoms with van der Waals surface area (Å²) in [7, 11) is -2.45. The minimum atomic E-state index is -3.79.